The maximum Gasteiger partial charge on any atom is 0.335 e. The molecule has 3 amide bonds. The number of amides is 3. The Balaban J connectivity index is 1.18. The van der Waals surface area contributed by atoms with Gasteiger partial charge in [0.2, 0.25) is 30.3 Å². The molecule has 6 heterocycles. The van der Waals surface area contributed by atoms with Crippen molar-refractivity contribution in [3.8, 4) is 0 Å². The number of aliphatic hydroxyl groups is 7. The first-order valence-corrected chi connectivity index (χ1v) is 40.0. The van der Waals surface area contributed by atoms with Gasteiger partial charge in [-0.2, -0.15) is 24.4 Å². The lowest BCUT2D eigenvalue weighted by atomic mass is 9.94. The van der Waals surface area contributed by atoms with Crippen LogP contribution in [0.2, 0.25) is 0 Å². The average molecular weight is 1780 g/mol. The number of carbonyl (C=O) groups is 12. The van der Waals surface area contributed by atoms with Crippen molar-refractivity contribution in [1.82, 2.24) is 16.0 Å². The lowest BCUT2D eigenvalue weighted by molar-refractivity contribution is -0.461. The van der Waals surface area contributed by atoms with Gasteiger partial charge in [0.05, 0.1) is 102 Å². The largest absolute Gasteiger partial charge is 0.479 e. The van der Waals surface area contributed by atoms with Crippen molar-refractivity contribution in [2.75, 3.05) is 97.0 Å². The van der Waals surface area contributed by atoms with Crippen molar-refractivity contribution in [2.45, 2.75) is 259 Å². The molecule has 0 aromatic heterocycles. The third kappa shape index (κ3) is 32.2. The van der Waals surface area contributed by atoms with E-state index in [1.807, 2.05) is 0 Å². The van der Waals surface area contributed by atoms with E-state index in [-0.39, 0.29) is 26.2 Å². The smallest absolute Gasteiger partial charge is 0.335 e. The number of aliphatic carboxylic acids is 3. The van der Waals surface area contributed by atoms with E-state index in [1.165, 1.54) is 18.7 Å². The fraction of sp³-hybridized carbons (Fsp3) is 0.829. The van der Waals surface area contributed by atoms with Crippen LogP contribution in [0.15, 0.2) is 0 Å². The Morgan fingerprint density at radius 2 is 0.800 bits per heavy atom. The number of aliphatic hydroxyl groups excluding tert-OH is 7. The summed E-state index contributed by atoms with van der Waals surface area (Å²) >= 11 is 5.52. The van der Waals surface area contributed by atoms with Gasteiger partial charge >= 0.3 is 53.7 Å². The number of ether oxygens (including phenoxy) is 17. The van der Waals surface area contributed by atoms with Crippen molar-refractivity contribution in [2.24, 2.45) is 11.8 Å². The maximum absolute atomic E-state index is 13.3. The van der Waals surface area contributed by atoms with Gasteiger partial charge in [0.1, 0.15) is 131 Å². The molecule has 48 nitrogen and oxygen atoms in total. The Bertz CT molecular complexity index is 3280. The summed E-state index contributed by atoms with van der Waals surface area (Å²) in [5, 5.41) is 117. The van der Waals surface area contributed by atoms with Crippen molar-refractivity contribution < 1.29 is 218 Å². The molecule has 13 unspecified atom stereocenters. The maximum atomic E-state index is 13.3. The molecule has 0 saturated carbocycles. The van der Waals surface area contributed by atoms with Crippen LogP contribution >= 0.6 is 24.4 Å². The molecule has 28 atom stereocenters. The summed E-state index contributed by atoms with van der Waals surface area (Å²) in [5.74, 6) is -12.5. The predicted octanol–water partition coefficient (Wildman–Crippen LogP) is -5.96. The summed E-state index contributed by atoms with van der Waals surface area (Å²) in [7, 11) is 1.16. The number of rotatable bonds is 49. The van der Waals surface area contributed by atoms with Crippen LogP contribution in [0.5, 0.6) is 0 Å². The minimum atomic E-state index is -2.47. The standard InChI is InChI=1S/C70H109N3O45S2/c1-30(2)64(94)101-17-15-99-45(78)9-11-47(80)104-28-44-41(116-117-69-53(86)51(84)56(59(112-69)62(90)91)110-66-36(71-33(5)75)23-39(114-96-8)42(26-74)106-66)25-38(73-35(7)77)68(108-44)111-57-52(85)54(87)70(113-60(57)63(92)93)118-115-40-24-37(72-34(6)76)67(109-55-50(83)49(82)32(4)105-58(55)61(88)89)107-43(40)27-103-48(81)12-10-46(79)100-16-18-102-65(95)31(3)29-120-22-20-98-14-13-97-19-21-119/h30-32,36-44,49-60,66-70,74,82-87,119H,9-29H2,1-8H3,(H,71,75)(H,72,76)(H,73,77)(H,88,89)(H,90,91)(H,92,93)/t31-,32?,36+,37+,38+,39+,40+,41+,42+,43?,44+,49?,50?,51?,52?,53?,54?,55-,56-,57-,58?,59?,60?,66+,67+,68+,69?,70?/m1/s1. The number of thioether (sulfide) groups is 1. The molecule has 6 aliphatic rings. The fourth-order valence-corrected chi connectivity index (χ4v) is 13.5. The molecule has 0 aromatic carbocycles. The summed E-state index contributed by atoms with van der Waals surface area (Å²) in [6.45, 7) is 6.93. The SMILES string of the molecule is COO[C@H]1C[C@H](NC(C)=O)[C@H](O[C@H]2C(C(=O)O)OC(OO[C@H]3C[C@H](NC(C)=O)[C@H](O[C@H]4C(C(=O)O)OC(OO[C@H]5C[C@H](NC(C)=O)[C@H](O[C@H]6C(C(=O)O)OC(C)C(O)C6O)OC5COC(=O)CCC(=O)OCCOC(=O)[C@H](C)CSCCOCCOCCS)C(O)C4O)O[C@H]3COC(=O)CCC(=O)OCCOC(=O)C(C)C)C(O)C2O)O[C@H]1CO. The predicted molar refractivity (Wildman–Crippen MR) is 390 cm³/mol. The zero-order valence-corrected chi connectivity index (χ0v) is 68.4. The van der Waals surface area contributed by atoms with Crippen molar-refractivity contribution in [3.05, 3.63) is 0 Å². The number of hydrogen-bond acceptors (Lipinski definition) is 44. The Morgan fingerprint density at radius 3 is 1.18 bits per heavy atom. The molecule has 50 heteroatoms. The zero-order chi connectivity index (χ0) is 88.6. The van der Waals surface area contributed by atoms with Crippen LogP contribution < -0.4 is 16.0 Å². The van der Waals surface area contributed by atoms with Gasteiger partial charge in [0.25, 0.3) is 0 Å². The topological polar surface area (TPSA) is 656 Å². The zero-order valence-electron chi connectivity index (χ0n) is 66.7. The van der Waals surface area contributed by atoms with Gasteiger partial charge in [-0.15, -0.1) is 0 Å². The summed E-state index contributed by atoms with van der Waals surface area (Å²) in [6.07, 6.45) is -51.0. The van der Waals surface area contributed by atoms with Crippen LogP contribution in [-0.4, -0.2) is 385 Å². The second kappa shape index (κ2) is 51.6. The number of nitrogens with one attached hydrogen (secondary N) is 3. The highest BCUT2D eigenvalue weighted by atomic mass is 32.2. The van der Waals surface area contributed by atoms with Gasteiger partial charge in [0.15, 0.2) is 37.2 Å². The molecule has 686 valence electrons. The Labute approximate surface area is 695 Å². The Morgan fingerprint density at radius 1 is 0.433 bits per heavy atom. The van der Waals surface area contributed by atoms with E-state index < -0.39 is 314 Å². The van der Waals surface area contributed by atoms with Gasteiger partial charge in [-0.05, 0) is 6.92 Å². The van der Waals surface area contributed by atoms with Gasteiger partial charge in [-0.25, -0.2) is 43.7 Å². The van der Waals surface area contributed by atoms with Crippen LogP contribution in [0.4, 0.5) is 0 Å². The van der Waals surface area contributed by atoms with E-state index in [1.54, 1.807) is 20.8 Å². The number of thiol groups is 1. The Kier molecular flexibility index (Phi) is 43.9. The van der Waals surface area contributed by atoms with Crippen LogP contribution in [0.25, 0.3) is 0 Å². The molecule has 13 N–H and O–H groups in total. The quantitative estimate of drug-likeness (QED) is 0.00673. The third-order valence-electron chi connectivity index (χ3n) is 18.5. The van der Waals surface area contributed by atoms with Crippen LogP contribution in [0.3, 0.4) is 0 Å². The minimum Gasteiger partial charge on any atom is -0.479 e. The first kappa shape index (κ1) is 102. The van der Waals surface area contributed by atoms with Gasteiger partial charge in [-0.1, -0.05) is 20.8 Å². The first-order valence-electron chi connectivity index (χ1n) is 38.2. The molecular weight excluding hydrogens is 1670 g/mol. The molecule has 0 spiro atoms. The first-order chi connectivity index (χ1) is 57.0. The third-order valence-corrected chi connectivity index (χ3v) is 19.9. The van der Waals surface area contributed by atoms with Crippen LogP contribution in [-0.2, 0) is 167 Å². The lowest BCUT2D eigenvalue weighted by Crippen LogP contribution is -2.65. The average Bonchev–Trinajstić information content (AvgIpc) is 0.786. The molecule has 6 fully saturated rings. The highest BCUT2D eigenvalue weighted by Crippen LogP contribution is 2.37. The number of carboxylic acid groups (broad SMARTS) is 3. The summed E-state index contributed by atoms with van der Waals surface area (Å²) < 4.78 is 94.5. The van der Waals surface area contributed by atoms with Gasteiger partial charge in [-0.3, -0.25) is 43.2 Å². The second-order valence-corrected chi connectivity index (χ2v) is 29.9. The lowest BCUT2D eigenvalue weighted by Gasteiger charge is -2.46. The fourth-order valence-electron chi connectivity index (χ4n) is 12.5. The Hall–Kier alpha value is -6.62. The molecule has 6 rings (SSSR count). The summed E-state index contributed by atoms with van der Waals surface area (Å²) in [5.41, 5.74) is 0. The summed E-state index contributed by atoms with van der Waals surface area (Å²) in [6, 6.07) is -4.26. The monoisotopic (exact) mass is 1780 g/mol. The summed E-state index contributed by atoms with van der Waals surface area (Å²) in [4.78, 5) is 185. The van der Waals surface area contributed by atoms with Gasteiger partial charge < -0.3 is 148 Å². The van der Waals surface area contributed by atoms with Crippen LogP contribution in [0, 0.1) is 11.8 Å². The molecular formula is C70H109N3O45S2. The van der Waals surface area contributed by atoms with E-state index in [4.69, 9.17) is 110 Å². The molecule has 6 saturated heterocycles. The number of esters is 6. The number of carboxylic acids is 3. The van der Waals surface area contributed by atoms with Crippen molar-refractivity contribution in [1.29, 1.82) is 0 Å². The van der Waals surface area contributed by atoms with E-state index in [0.29, 0.717) is 43.7 Å². The highest BCUT2D eigenvalue weighted by molar-refractivity contribution is 7.99. The minimum absolute atomic E-state index is 0.174. The molecule has 0 aliphatic carbocycles. The van der Waals surface area contributed by atoms with E-state index in [2.05, 4.69) is 28.6 Å². The number of carbonyl (C=O) groups excluding carboxylic acids is 9. The molecule has 120 heavy (non-hydrogen) atoms. The van der Waals surface area contributed by atoms with Crippen molar-refractivity contribution in [3.63, 3.8) is 0 Å². The van der Waals surface area contributed by atoms with E-state index in [9.17, 15) is 109 Å². The molecule has 6 aliphatic heterocycles. The van der Waals surface area contributed by atoms with E-state index >= 15 is 0 Å². The van der Waals surface area contributed by atoms with Crippen LogP contribution in [0.1, 0.15) is 93.4 Å². The molecule has 0 bridgehead atoms. The van der Waals surface area contributed by atoms with Gasteiger partial charge in [0, 0.05) is 57.3 Å². The molecule has 0 radical (unpaired) electrons. The van der Waals surface area contributed by atoms with Crippen molar-refractivity contribution >= 4 is 95.8 Å². The molecule has 0 aromatic rings. The number of hydrogen-bond donors (Lipinski definition) is 14. The van der Waals surface area contributed by atoms with E-state index in [0.717, 1.165) is 27.9 Å². The normalized spacial score (nSPS) is 32.8. The second-order valence-electron chi connectivity index (χ2n) is 28.3. The highest BCUT2D eigenvalue weighted by Gasteiger charge is 2.57.